The van der Waals surface area contributed by atoms with Crippen molar-refractivity contribution in [2.45, 2.75) is 19.3 Å². The van der Waals surface area contributed by atoms with Gasteiger partial charge in [0, 0.05) is 12.3 Å². The lowest BCUT2D eigenvalue weighted by Crippen LogP contribution is -2.07. The summed E-state index contributed by atoms with van der Waals surface area (Å²) in [6, 6.07) is 12.2. The van der Waals surface area contributed by atoms with Gasteiger partial charge in [-0.15, -0.1) is 0 Å². The summed E-state index contributed by atoms with van der Waals surface area (Å²) >= 11 is 0. The molecule has 3 heteroatoms. The van der Waals surface area contributed by atoms with E-state index in [1.165, 1.54) is 31.2 Å². The highest BCUT2D eigenvalue weighted by atomic mass is 19.1. The summed E-state index contributed by atoms with van der Waals surface area (Å²) in [4.78, 5) is 11.4. The Morgan fingerprint density at radius 1 is 1.00 bits per heavy atom. The van der Waals surface area contributed by atoms with Crippen molar-refractivity contribution in [2.75, 3.05) is 0 Å². The average molecular weight is 260 g/mol. The number of rotatable bonds is 4. The molecule has 2 aromatic rings. The summed E-state index contributed by atoms with van der Waals surface area (Å²) in [6.45, 7) is 1.48. The third kappa shape index (κ3) is 3.47. The van der Waals surface area contributed by atoms with Gasteiger partial charge in [-0.05, 0) is 42.3 Å². The van der Waals surface area contributed by atoms with Gasteiger partial charge in [0.05, 0.1) is 0 Å². The van der Waals surface area contributed by atoms with Crippen LogP contribution in [0.2, 0.25) is 0 Å². The quantitative estimate of drug-likeness (QED) is 0.809. The Kier molecular flexibility index (Phi) is 4.05. The maximum absolute atomic E-state index is 13.3. The van der Waals surface area contributed by atoms with Crippen LogP contribution in [0, 0.1) is 11.6 Å². The Morgan fingerprint density at radius 3 is 1.84 bits per heavy atom. The lowest BCUT2D eigenvalue weighted by molar-refractivity contribution is -0.117. The van der Waals surface area contributed by atoms with Crippen LogP contribution < -0.4 is 0 Å². The van der Waals surface area contributed by atoms with Gasteiger partial charge in [0.15, 0.2) is 0 Å². The normalized spacial score (nSPS) is 10.7. The van der Waals surface area contributed by atoms with E-state index in [0.717, 1.165) is 0 Å². The van der Waals surface area contributed by atoms with E-state index in [-0.39, 0.29) is 29.8 Å². The fourth-order valence-electron chi connectivity index (χ4n) is 2.16. The Bertz CT molecular complexity index is 547. The van der Waals surface area contributed by atoms with Gasteiger partial charge in [0.1, 0.15) is 17.4 Å². The minimum Gasteiger partial charge on any atom is -0.300 e. The van der Waals surface area contributed by atoms with Crippen LogP contribution in [0.5, 0.6) is 0 Å². The molecule has 2 aromatic carbocycles. The predicted octanol–water partition coefficient (Wildman–Crippen LogP) is 4.08. The first-order valence-corrected chi connectivity index (χ1v) is 6.06. The fraction of sp³-hybridized carbons (Fsp3) is 0.188. The number of halogens is 2. The van der Waals surface area contributed by atoms with Crippen molar-refractivity contribution in [3.05, 3.63) is 71.3 Å². The summed E-state index contributed by atoms with van der Waals surface area (Å²) in [6.07, 6.45) is 0.229. The van der Waals surface area contributed by atoms with Crippen LogP contribution in [0.15, 0.2) is 48.5 Å². The molecule has 0 bridgehead atoms. The molecule has 0 spiro atoms. The monoisotopic (exact) mass is 260 g/mol. The minimum absolute atomic E-state index is 0.0153. The third-order valence-corrected chi connectivity index (χ3v) is 2.99. The number of carbonyl (C=O) groups excluding carboxylic acids is 1. The van der Waals surface area contributed by atoms with Gasteiger partial charge in [-0.2, -0.15) is 0 Å². The lowest BCUT2D eigenvalue weighted by atomic mass is 9.87. The van der Waals surface area contributed by atoms with Gasteiger partial charge in [0.2, 0.25) is 0 Å². The molecule has 0 heterocycles. The summed E-state index contributed by atoms with van der Waals surface area (Å²) < 4.78 is 26.6. The second kappa shape index (κ2) is 5.74. The first-order chi connectivity index (χ1) is 9.06. The zero-order valence-corrected chi connectivity index (χ0v) is 10.6. The number of benzene rings is 2. The number of hydrogen-bond acceptors (Lipinski definition) is 1. The van der Waals surface area contributed by atoms with E-state index in [4.69, 9.17) is 0 Å². The van der Waals surface area contributed by atoms with Crippen molar-refractivity contribution in [1.29, 1.82) is 0 Å². The van der Waals surface area contributed by atoms with Crippen molar-refractivity contribution in [1.82, 2.24) is 0 Å². The predicted molar refractivity (Wildman–Crippen MR) is 69.9 cm³/mol. The molecule has 1 nitrogen and oxygen atoms in total. The highest BCUT2D eigenvalue weighted by Gasteiger charge is 2.17. The van der Waals surface area contributed by atoms with Gasteiger partial charge in [-0.25, -0.2) is 8.78 Å². The maximum atomic E-state index is 13.3. The molecule has 0 fully saturated rings. The summed E-state index contributed by atoms with van der Waals surface area (Å²) in [5.74, 6) is -1.05. The Hall–Kier alpha value is -2.03. The van der Waals surface area contributed by atoms with E-state index < -0.39 is 0 Å². The van der Waals surface area contributed by atoms with E-state index in [0.29, 0.717) is 11.1 Å². The molecular formula is C16H14F2O. The van der Waals surface area contributed by atoms with E-state index in [9.17, 15) is 13.6 Å². The topological polar surface area (TPSA) is 17.1 Å². The fourth-order valence-corrected chi connectivity index (χ4v) is 2.16. The van der Waals surface area contributed by atoms with Crippen LogP contribution in [0.1, 0.15) is 30.4 Å². The molecular weight excluding hydrogens is 246 g/mol. The van der Waals surface area contributed by atoms with Crippen molar-refractivity contribution in [2.24, 2.45) is 0 Å². The van der Waals surface area contributed by atoms with Crippen LogP contribution in [0.3, 0.4) is 0 Å². The number of Topliss-reactive ketones (excluding diaryl/α,β-unsaturated/α-hetero) is 1. The summed E-state index contributed by atoms with van der Waals surface area (Å²) in [7, 11) is 0. The first kappa shape index (κ1) is 13.4. The standard InChI is InChI=1S/C16H14F2O/c1-11(19)8-16(12-4-2-6-14(17)9-12)13-5-3-7-15(18)10-13/h2-7,9-10,16H,8H2,1H3. The molecule has 0 saturated carbocycles. The van der Waals surface area contributed by atoms with Gasteiger partial charge < -0.3 is 0 Å². The molecule has 2 rings (SSSR count). The second-order valence-corrected chi connectivity index (χ2v) is 4.57. The molecule has 0 saturated heterocycles. The van der Waals surface area contributed by atoms with E-state index >= 15 is 0 Å². The second-order valence-electron chi connectivity index (χ2n) is 4.57. The molecule has 0 N–H and O–H groups in total. The molecule has 98 valence electrons. The molecule has 0 amide bonds. The first-order valence-electron chi connectivity index (χ1n) is 6.06. The van der Waals surface area contributed by atoms with Gasteiger partial charge in [-0.3, -0.25) is 4.79 Å². The van der Waals surface area contributed by atoms with E-state index in [2.05, 4.69) is 0 Å². The summed E-state index contributed by atoms with van der Waals surface area (Å²) in [5, 5.41) is 0. The highest BCUT2D eigenvalue weighted by molar-refractivity contribution is 5.77. The number of hydrogen-bond donors (Lipinski definition) is 0. The Labute approximate surface area is 110 Å². The molecule has 0 aliphatic carbocycles. The van der Waals surface area contributed by atoms with Gasteiger partial charge in [0.25, 0.3) is 0 Å². The average Bonchev–Trinajstić information content (AvgIpc) is 2.35. The van der Waals surface area contributed by atoms with E-state index in [1.807, 2.05) is 0 Å². The van der Waals surface area contributed by atoms with Crippen molar-refractivity contribution >= 4 is 5.78 Å². The van der Waals surface area contributed by atoms with Gasteiger partial charge >= 0.3 is 0 Å². The summed E-state index contributed by atoms with van der Waals surface area (Å²) in [5.41, 5.74) is 1.36. The maximum Gasteiger partial charge on any atom is 0.130 e. The minimum atomic E-state index is -0.359. The molecule has 0 unspecified atom stereocenters. The molecule has 0 atom stereocenters. The molecule has 0 aliphatic heterocycles. The smallest absolute Gasteiger partial charge is 0.130 e. The van der Waals surface area contributed by atoms with Crippen molar-refractivity contribution in [3.63, 3.8) is 0 Å². The van der Waals surface area contributed by atoms with Crippen LogP contribution >= 0.6 is 0 Å². The molecule has 0 radical (unpaired) electrons. The SMILES string of the molecule is CC(=O)CC(c1cccc(F)c1)c1cccc(F)c1. The van der Waals surface area contributed by atoms with Gasteiger partial charge in [-0.1, -0.05) is 24.3 Å². The Balaban J connectivity index is 2.44. The Morgan fingerprint density at radius 2 is 1.47 bits per heavy atom. The van der Waals surface area contributed by atoms with Crippen LogP contribution in [-0.4, -0.2) is 5.78 Å². The van der Waals surface area contributed by atoms with Crippen LogP contribution in [-0.2, 0) is 4.79 Å². The lowest BCUT2D eigenvalue weighted by Gasteiger charge is -2.16. The molecule has 0 aliphatic rings. The zero-order chi connectivity index (χ0) is 13.8. The molecule has 0 aromatic heterocycles. The van der Waals surface area contributed by atoms with Crippen molar-refractivity contribution < 1.29 is 13.6 Å². The largest absolute Gasteiger partial charge is 0.300 e. The van der Waals surface area contributed by atoms with E-state index in [1.54, 1.807) is 24.3 Å². The third-order valence-electron chi connectivity index (χ3n) is 2.99. The zero-order valence-electron chi connectivity index (χ0n) is 10.6. The molecule has 19 heavy (non-hydrogen) atoms. The number of carbonyl (C=O) groups is 1. The van der Waals surface area contributed by atoms with Crippen LogP contribution in [0.4, 0.5) is 8.78 Å². The van der Waals surface area contributed by atoms with Crippen molar-refractivity contribution in [3.8, 4) is 0 Å². The highest BCUT2D eigenvalue weighted by Crippen LogP contribution is 2.29. The number of ketones is 1. The van der Waals surface area contributed by atoms with Crippen LogP contribution in [0.25, 0.3) is 0 Å².